The van der Waals surface area contributed by atoms with Crippen molar-refractivity contribution >= 4 is 22.4 Å². The summed E-state index contributed by atoms with van der Waals surface area (Å²) < 4.78 is 5.52. The Morgan fingerprint density at radius 2 is 2.45 bits per heavy atom. The average molecular weight is 319 g/mol. The Kier molecular flexibility index (Phi) is 4.59. The summed E-state index contributed by atoms with van der Waals surface area (Å²) in [5, 5.41) is 6.36. The first-order chi connectivity index (χ1) is 10.7. The molecule has 0 spiro atoms. The lowest BCUT2D eigenvalue weighted by Gasteiger charge is -2.22. The number of anilines is 1. The minimum Gasteiger partial charge on any atom is -0.469 e. The number of thiazole rings is 1. The molecule has 1 atom stereocenters. The predicted molar refractivity (Wildman–Crippen MR) is 87.0 cm³/mol. The van der Waals surface area contributed by atoms with E-state index >= 15 is 0 Å². The van der Waals surface area contributed by atoms with Gasteiger partial charge in [-0.25, -0.2) is 4.98 Å². The van der Waals surface area contributed by atoms with E-state index in [-0.39, 0.29) is 5.91 Å². The van der Waals surface area contributed by atoms with Gasteiger partial charge in [0.25, 0.3) is 0 Å². The van der Waals surface area contributed by atoms with Crippen molar-refractivity contribution in [1.82, 2.24) is 10.3 Å². The first-order valence-corrected chi connectivity index (χ1v) is 8.59. The monoisotopic (exact) mass is 319 g/mol. The molecule has 5 nitrogen and oxygen atoms in total. The van der Waals surface area contributed by atoms with Crippen molar-refractivity contribution in [2.75, 3.05) is 11.4 Å². The van der Waals surface area contributed by atoms with Crippen LogP contribution in [0.2, 0.25) is 0 Å². The Morgan fingerprint density at radius 1 is 1.59 bits per heavy atom. The second-order valence-electron chi connectivity index (χ2n) is 5.51. The Hall–Kier alpha value is -1.66. The van der Waals surface area contributed by atoms with Crippen LogP contribution in [0.1, 0.15) is 49.7 Å². The number of aromatic nitrogens is 1. The minimum atomic E-state index is 0.0340. The van der Waals surface area contributed by atoms with Gasteiger partial charge >= 0.3 is 0 Å². The summed E-state index contributed by atoms with van der Waals surface area (Å²) in [5.74, 6) is 1.14. The van der Waals surface area contributed by atoms with Crippen LogP contribution in [-0.2, 0) is 17.8 Å². The fourth-order valence-electron chi connectivity index (χ4n) is 2.92. The molecule has 2 aromatic heterocycles. The van der Waals surface area contributed by atoms with Gasteiger partial charge in [0, 0.05) is 43.4 Å². The number of furan rings is 1. The van der Waals surface area contributed by atoms with E-state index in [1.807, 2.05) is 12.3 Å². The summed E-state index contributed by atoms with van der Waals surface area (Å²) in [7, 11) is 0. The first kappa shape index (κ1) is 15.2. The smallest absolute Gasteiger partial charge is 0.225 e. The molecule has 0 aromatic carbocycles. The van der Waals surface area contributed by atoms with E-state index < -0.39 is 0 Å². The summed E-state index contributed by atoms with van der Waals surface area (Å²) >= 11 is 1.52. The summed E-state index contributed by atoms with van der Waals surface area (Å²) in [6, 6.07) is 2.40. The zero-order valence-electron chi connectivity index (χ0n) is 13.0. The van der Waals surface area contributed by atoms with Gasteiger partial charge in [0.15, 0.2) is 5.13 Å². The molecule has 22 heavy (non-hydrogen) atoms. The van der Waals surface area contributed by atoms with Crippen molar-refractivity contribution in [2.24, 2.45) is 0 Å². The number of hydrogen-bond donors (Lipinski definition) is 1. The maximum atomic E-state index is 11.6. The standard InChI is InChI=1S/C16H21N3O2S/c1-3-19(11(2)20)16-18-12(10-22-16)9-17-14-5-4-6-15-13(14)7-8-21-15/h7-8,10,14,17H,3-6,9H2,1-2H3. The van der Waals surface area contributed by atoms with Gasteiger partial charge in [-0.15, -0.1) is 11.3 Å². The number of rotatable bonds is 5. The third-order valence-electron chi connectivity index (χ3n) is 4.05. The van der Waals surface area contributed by atoms with Crippen LogP contribution in [0.4, 0.5) is 5.13 Å². The predicted octanol–water partition coefficient (Wildman–Crippen LogP) is 3.28. The van der Waals surface area contributed by atoms with Crippen molar-refractivity contribution in [1.29, 1.82) is 0 Å². The average Bonchev–Trinajstić information content (AvgIpc) is 3.14. The molecule has 118 valence electrons. The fourth-order valence-corrected chi connectivity index (χ4v) is 3.85. The van der Waals surface area contributed by atoms with Crippen molar-refractivity contribution in [3.05, 3.63) is 34.7 Å². The molecule has 1 N–H and O–H groups in total. The Morgan fingerprint density at radius 3 is 3.23 bits per heavy atom. The van der Waals surface area contributed by atoms with Crippen molar-refractivity contribution in [3.63, 3.8) is 0 Å². The molecule has 1 aliphatic carbocycles. The highest BCUT2D eigenvalue weighted by Gasteiger charge is 2.22. The lowest BCUT2D eigenvalue weighted by molar-refractivity contribution is -0.116. The molecule has 0 aliphatic heterocycles. The fraction of sp³-hybridized carbons (Fsp3) is 0.500. The molecule has 2 heterocycles. The lowest BCUT2D eigenvalue weighted by Crippen LogP contribution is -2.28. The van der Waals surface area contributed by atoms with Crippen LogP contribution < -0.4 is 10.2 Å². The summed E-state index contributed by atoms with van der Waals surface area (Å²) in [6.07, 6.45) is 5.08. The number of carbonyl (C=O) groups is 1. The van der Waals surface area contributed by atoms with Crippen LogP contribution in [-0.4, -0.2) is 17.4 Å². The van der Waals surface area contributed by atoms with E-state index in [1.165, 1.54) is 16.9 Å². The number of carbonyl (C=O) groups excluding carboxylic acids is 1. The summed E-state index contributed by atoms with van der Waals surface area (Å²) in [6.45, 7) is 4.90. The molecule has 1 unspecified atom stereocenters. The Labute approximate surface area is 134 Å². The normalized spacial score (nSPS) is 17.3. The third-order valence-corrected chi connectivity index (χ3v) is 4.96. The molecular weight excluding hydrogens is 298 g/mol. The highest BCUT2D eigenvalue weighted by Crippen LogP contribution is 2.31. The quantitative estimate of drug-likeness (QED) is 0.919. The van der Waals surface area contributed by atoms with Crippen LogP contribution >= 0.6 is 11.3 Å². The molecule has 0 bridgehead atoms. The summed E-state index contributed by atoms with van der Waals surface area (Å²) in [5.41, 5.74) is 2.26. The van der Waals surface area contributed by atoms with Crippen LogP contribution in [0, 0.1) is 0 Å². The van der Waals surface area contributed by atoms with E-state index in [0.717, 1.165) is 35.8 Å². The highest BCUT2D eigenvalue weighted by atomic mass is 32.1. The molecule has 2 aromatic rings. The maximum Gasteiger partial charge on any atom is 0.225 e. The number of amides is 1. The number of nitrogens with zero attached hydrogens (tertiary/aromatic N) is 2. The van der Waals surface area contributed by atoms with Gasteiger partial charge in [0.2, 0.25) is 5.91 Å². The van der Waals surface area contributed by atoms with Gasteiger partial charge in [0.1, 0.15) is 5.76 Å². The molecule has 3 rings (SSSR count). The van der Waals surface area contributed by atoms with Gasteiger partial charge in [-0.2, -0.15) is 0 Å². The van der Waals surface area contributed by atoms with Crippen LogP contribution in [0.25, 0.3) is 0 Å². The lowest BCUT2D eigenvalue weighted by atomic mass is 9.93. The Bertz CT molecular complexity index is 649. The zero-order chi connectivity index (χ0) is 15.5. The number of fused-ring (bicyclic) bond motifs is 1. The molecule has 6 heteroatoms. The molecule has 1 amide bonds. The van der Waals surface area contributed by atoms with E-state index in [2.05, 4.69) is 16.4 Å². The first-order valence-electron chi connectivity index (χ1n) is 7.71. The molecule has 0 saturated heterocycles. The number of aryl methyl sites for hydroxylation is 1. The second-order valence-corrected chi connectivity index (χ2v) is 6.35. The topological polar surface area (TPSA) is 58.4 Å². The Balaban J connectivity index is 1.64. The van der Waals surface area contributed by atoms with Crippen LogP contribution in [0.15, 0.2) is 22.1 Å². The van der Waals surface area contributed by atoms with E-state index in [1.54, 1.807) is 18.1 Å². The maximum absolute atomic E-state index is 11.6. The largest absolute Gasteiger partial charge is 0.469 e. The van der Waals surface area contributed by atoms with Crippen molar-refractivity contribution in [3.8, 4) is 0 Å². The van der Waals surface area contributed by atoms with E-state index in [0.29, 0.717) is 19.1 Å². The summed E-state index contributed by atoms with van der Waals surface area (Å²) in [4.78, 5) is 17.8. The van der Waals surface area contributed by atoms with Gasteiger partial charge in [0.05, 0.1) is 12.0 Å². The SMILES string of the molecule is CCN(C(C)=O)c1nc(CNC2CCCc3occc32)cs1. The van der Waals surface area contributed by atoms with Crippen LogP contribution in [0.5, 0.6) is 0 Å². The van der Waals surface area contributed by atoms with Gasteiger partial charge < -0.3 is 9.73 Å². The van der Waals surface area contributed by atoms with Crippen molar-refractivity contribution in [2.45, 2.75) is 45.7 Å². The van der Waals surface area contributed by atoms with Crippen molar-refractivity contribution < 1.29 is 9.21 Å². The number of hydrogen-bond acceptors (Lipinski definition) is 5. The van der Waals surface area contributed by atoms with Gasteiger partial charge in [-0.05, 0) is 25.8 Å². The highest BCUT2D eigenvalue weighted by molar-refractivity contribution is 7.14. The van der Waals surface area contributed by atoms with Gasteiger partial charge in [-0.1, -0.05) is 0 Å². The van der Waals surface area contributed by atoms with E-state index in [4.69, 9.17) is 4.42 Å². The van der Waals surface area contributed by atoms with E-state index in [9.17, 15) is 4.79 Å². The minimum absolute atomic E-state index is 0.0340. The van der Waals surface area contributed by atoms with Gasteiger partial charge in [-0.3, -0.25) is 9.69 Å². The zero-order valence-corrected chi connectivity index (χ0v) is 13.8. The second kappa shape index (κ2) is 6.62. The molecule has 0 radical (unpaired) electrons. The molecule has 1 aliphatic rings. The number of nitrogens with one attached hydrogen (secondary N) is 1. The molecule has 0 fully saturated rings. The third kappa shape index (κ3) is 3.08. The van der Waals surface area contributed by atoms with Crippen LogP contribution in [0.3, 0.4) is 0 Å². The molecule has 0 saturated carbocycles. The molecular formula is C16H21N3O2S.